The first-order valence-corrected chi connectivity index (χ1v) is 3.65. The third-order valence-electron chi connectivity index (χ3n) is 1.33. The summed E-state index contributed by atoms with van der Waals surface area (Å²) < 4.78 is 12.6. The van der Waals surface area contributed by atoms with E-state index in [4.69, 9.17) is 0 Å². The highest BCUT2D eigenvalue weighted by Crippen LogP contribution is 2.08. The number of carbonyl (C=O) groups excluding carboxylic acids is 1. The van der Waals surface area contributed by atoms with Crippen molar-refractivity contribution in [3.8, 4) is 0 Å². The molecule has 1 rings (SSSR count). The summed E-state index contributed by atoms with van der Waals surface area (Å²) in [4.78, 5) is 10.9. The van der Waals surface area contributed by atoms with Crippen LogP contribution in [0, 0.1) is 5.82 Å². The van der Waals surface area contributed by atoms with Crippen molar-refractivity contribution >= 4 is 11.6 Å². The molecule has 0 bridgehead atoms. The van der Waals surface area contributed by atoms with Crippen molar-refractivity contribution < 1.29 is 9.18 Å². The van der Waals surface area contributed by atoms with E-state index in [1.165, 1.54) is 18.2 Å². The van der Waals surface area contributed by atoms with Gasteiger partial charge < -0.3 is 5.32 Å². The van der Waals surface area contributed by atoms with Crippen LogP contribution in [0.2, 0.25) is 0 Å². The van der Waals surface area contributed by atoms with Gasteiger partial charge in [0.2, 0.25) is 0 Å². The Kier molecular flexibility index (Phi) is 3.01. The molecule has 0 heterocycles. The third kappa shape index (κ3) is 2.93. The first-order chi connectivity index (χ1) is 6.22. The van der Waals surface area contributed by atoms with Crippen LogP contribution in [0.5, 0.6) is 0 Å². The molecule has 0 aromatic heterocycles. The Hall–Kier alpha value is -1.86. The Labute approximate surface area is 75.4 Å². The van der Waals surface area contributed by atoms with Gasteiger partial charge in [0.1, 0.15) is 5.82 Å². The van der Waals surface area contributed by atoms with E-state index in [0.29, 0.717) is 5.69 Å². The normalized spacial score (nSPS) is 8.69. The summed E-state index contributed by atoms with van der Waals surface area (Å²) in [5, 5.41) is 2.45. The lowest BCUT2D eigenvalue weighted by Crippen LogP contribution is -2.07. The van der Waals surface area contributed by atoms with Gasteiger partial charge in [-0.05, 0) is 18.2 Å². The molecule has 1 amide bonds. The SMILES string of the molecule is C=C=CC(=O)Nc1cccc(F)c1. The number of anilines is 1. The minimum atomic E-state index is -0.389. The van der Waals surface area contributed by atoms with Gasteiger partial charge in [-0.2, -0.15) is 0 Å². The summed E-state index contributed by atoms with van der Waals surface area (Å²) in [7, 11) is 0. The van der Waals surface area contributed by atoms with Crippen molar-refractivity contribution in [2.24, 2.45) is 0 Å². The minimum Gasteiger partial charge on any atom is -0.322 e. The zero-order valence-electron chi connectivity index (χ0n) is 6.88. The number of benzene rings is 1. The van der Waals surface area contributed by atoms with E-state index in [1.807, 2.05) is 0 Å². The van der Waals surface area contributed by atoms with E-state index in [-0.39, 0.29) is 11.7 Å². The van der Waals surface area contributed by atoms with Crippen molar-refractivity contribution in [2.75, 3.05) is 5.32 Å². The number of hydrogen-bond donors (Lipinski definition) is 1. The summed E-state index contributed by atoms with van der Waals surface area (Å²) in [6, 6.07) is 5.65. The fourth-order valence-corrected chi connectivity index (χ4v) is 0.837. The highest BCUT2D eigenvalue weighted by molar-refractivity contribution is 5.99. The molecule has 0 spiro atoms. The molecule has 1 N–H and O–H groups in total. The van der Waals surface area contributed by atoms with Crippen molar-refractivity contribution in [1.82, 2.24) is 0 Å². The van der Waals surface area contributed by atoms with E-state index in [1.54, 1.807) is 6.07 Å². The van der Waals surface area contributed by atoms with Crippen molar-refractivity contribution in [1.29, 1.82) is 0 Å². The van der Waals surface area contributed by atoms with E-state index < -0.39 is 0 Å². The predicted molar refractivity (Wildman–Crippen MR) is 48.7 cm³/mol. The summed E-state index contributed by atoms with van der Waals surface area (Å²) >= 11 is 0. The maximum absolute atomic E-state index is 12.6. The second kappa shape index (κ2) is 4.24. The van der Waals surface area contributed by atoms with E-state index in [2.05, 4.69) is 17.6 Å². The number of amides is 1. The van der Waals surface area contributed by atoms with Crippen molar-refractivity contribution in [3.05, 3.63) is 48.5 Å². The van der Waals surface area contributed by atoms with Crippen molar-refractivity contribution in [2.45, 2.75) is 0 Å². The monoisotopic (exact) mass is 177 g/mol. The van der Waals surface area contributed by atoms with E-state index in [9.17, 15) is 9.18 Å². The molecule has 0 fully saturated rings. The van der Waals surface area contributed by atoms with Gasteiger partial charge in [0.25, 0.3) is 5.91 Å². The summed E-state index contributed by atoms with van der Waals surface area (Å²) in [5.74, 6) is -0.763. The summed E-state index contributed by atoms with van der Waals surface area (Å²) in [5.41, 5.74) is 2.73. The van der Waals surface area contributed by atoms with E-state index >= 15 is 0 Å². The molecule has 13 heavy (non-hydrogen) atoms. The Balaban J connectivity index is 2.74. The number of rotatable bonds is 2. The van der Waals surface area contributed by atoms with Gasteiger partial charge in [0, 0.05) is 11.8 Å². The molecule has 3 heteroatoms. The number of hydrogen-bond acceptors (Lipinski definition) is 1. The molecule has 0 saturated heterocycles. The standard InChI is InChI=1S/C10H8FNO/c1-2-4-10(13)12-9-6-3-5-8(11)7-9/h3-7H,1H2,(H,12,13). The van der Waals surface area contributed by atoms with Crippen LogP contribution < -0.4 is 5.32 Å². The van der Waals surface area contributed by atoms with E-state index in [0.717, 1.165) is 6.08 Å². The zero-order chi connectivity index (χ0) is 9.68. The van der Waals surface area contributed by atoms with Crippen molar-refractivity contribution in [3.63, 3.8) is 0 Å². The maximum Gasteiger partial charge on any atom is 0.256 e. The average Bonchev–Trinajstić information content (AvgIpc) is 2.04. The highest BCUT2D eigenvalue weighted by Gasteiger charge is 1.97. The lowest BCUT2D eigenvalue weighted by atomic mass is 10.3. The molecule has 0 saturated carbocycles. The molecule has 1 aromatic carbocycles. The summed E-state index contributed by atoms with van der Waals surface area (Å²) in [6.45, 7) is 3.24. The quantitative estimate of drug-likeness (QED) is 0.544. The second-order valence-corrected chi connectivity index (χ2v) is 2.35. The smallest absolute Gasteiger partial charge is 0.256 e. The first kappa shape index (κ1) is 9.23. The molecule has 0 radical (unpaired) electrons. The maximum atomic E-state index is 12.6. The number of halogens is 1. The van der Waals surface area contributed by atoms with Gasteiger partial charge in [-0.1, -0.05) is 12.6 Å². The molecular formula is C10H8FNO. The molecule has 2 nitrogen and oxygen atoms in total. The van der Waals surface area contributed by atoms with Crippen LogP contribution in [-0.2, 0) is 4.79 Å². The summed E-state index contributed by atoms with van der Waals surface area (Å²) in [6.07, 6.45) is 1.14. The highest BCUT2D eigenvalue weighted by atomic mass is 19.1. The molecule has 0 aliphatic rings. The van der Waals surface area contributed by atoms with Gasteiger partial charge in [0.15, 0.2) is 0 Å². The minimum absolute atomic E-state index is 0.374. The van der Waals surface area contributed by atoms with Gasteiger partial charge >= 0.3 is 0 Å². The molecule has 0 unspecified atom stereocenters. The molecule has 0 atom stereocenters. The van der Waals surface area contributed by atoms with Crippen LogP contribution in [-0.4, -0.2) is 5.91 Å². The predicted octanol–water partition coefficient (Wildman–Crippen LogP) is 2.11. The van der Waals surface area contributed by atoms with Gasteiger partial charge in [-0.3, -0.25) is 4.79 Å². The molecular weight excluding hydrogens is 169 g/mol. The Morgan fingerprint density at radius 2 is 2.38 bits per heavy atom. The van der Waals surface area contributed by atoms with Crippen LogP contribution in [0.25, 0.3) is 0 Å². The van der Waals surface area contributed by atoms with Gasteiger partial charge in [0.05, 0.1) is 0 Å². The van der Waals surface area contributed by atoms with Crippen LogP contribution in [0.3, 0.4) is 0 Å². The molecule has 0 aliphatic carbocycles. The second-order valence-electron chi connectivity index (χ2n) is 2.35. The van der Waals surface area contributed by atoms with Crippen LogP contribution >= 0.6 is 0 Å². The lowest BCUT2D eigenvalue weighted by molar-refractivity contribution is -0.111. The van der Waals surface area contributed by atoms with Crippen LogP contribution in [0.15, 0.2) is 42.7 Å². The average molecular weight is 177 g/mol. The van der Waals surface area contributed by atoms with Gasteiger partial charge in [-0.25, -0.2) is 4.39 Å². The van der Waals surface area contributed by atoms with Crippen LogP contribution in [0.4, 0.5) is 10.1 Å². The van der Waals surface area contributed by atoms with Gasteiger partial charge in [-0.15, -0.1) is 5.73 Å². The molecule has 1 aromatic rings. The molecule has 0 aliphatic heterocycles. The zero-order valence-corrected chi connectivity index (χ0v) is 6.88. The first-order valence-electron chi connectivity index (χ1n) is 3.65. The fourth-order valence-electron chi connectivity index (χ4n) is 0.837. The Morgan fingerprint density at radius 1 is 1.62 bits per heavy atom. The third-order valence-corrected chi connectivity index (χ3v) is 1.33. The fraction of sp³-hybridized carbons (Fsp3) is 0. The Bertz CT molecular complexity index is 367. The topological polar surface area (TPSA) is 29.1 Å². The Morgan fingerprint density at radius 3 is 3.00 bits per heavy atom. The molecule has 66 valence electrons. The lowest BCUT2D eigenvalue weighted by Gasteiger charge is -2.00. The number of nitrogens with one attached hydrogen (secondary N) is 1. The largest absolute Gasteiger partial charge is 0.322 e. The van der Waals surface area contributed by atoms with Crippen LogP contribution in [0.1, 0.15) is 0 Å². The number of carbonyl (C=O) groups is 1.